The summed E-state index contributed by atoms with van der Waals surface area (Å²) in [7, 11) is 0. The standard InChI is InChI=1S/C15H21N5O/c16-14-2-3-17-10-13(14)15-11-18-12-20(15)5-1-4-19-6-8-21-9-7-19/h2-3,10-12H,1,4-9H2,(H2,16,17). The summed E-state index contributed by atoms with van der Waals surface area (Å²) < 4.78 is 7.51. The van der Waals surface area contributed by atoms with E-state index in [1.165, 1.54) is 0 Å². The van der Waals surface area contributed by atoms with Gasteiger partial charge in [0.2, 0.25) is 0 Å². The summed E-state index contributed by atoms with van der Waals surface area (Å²) in [4.78, 5) is 10.8. The molecule has 2 aromatic heterocycles. The third-order valence-electron chi connectivity index (χ3n) is 3.82. The minimum atomic E-state index is 0.736. The van der Waals surface area contributed by atoms with Crippen LogP contribution in [0.5, 0.6) is 0 Å². The van der Waals surface area contributed by atoms with E-state index in [-0.39, 0.29) is 0 Å². The number of aromatic nitrogens is 3. The van der Waals surface area contributed by atoms with Crippen LogP contribution in [0, 0.1) is 0 Å². The van der Waals surface area contributed by atoms with Gasteiger partial charge in [0.05, 0.1) is 31.4 Å². The number of rotatable bonds is 5. The van der Waals surface area contributed by atoms with Crippen LogP contribution in [-0.4, -0.2) is 52.3 Å². The summed E-state index contributed by atoms with van der Waals surface area (Å²) in [5, 5.41) is 0. The molecule has 2 N–H and O–H groups in total. The molecule has 1 saturated heterocycles. The number of nitrogen functional groups attached to an aromatic ring is 1. The second kappa shape index (κ2) is 6.69. The average Bonchev–Trinajstić information content (AvgIpc) is 2.97. The molecule has 0 spiro atoms. The van der Waals surface area contributed by atoms with Gasteiger partial charge in [-0.15, -0.1) is 0 Å². The molecule has 0 saturated carbocycles. The molecule has 3 rings (SSSR count). The molecule has 1 aliphatic heterocycles. The molecule has 3 heterocycles. The zero-order chi connectivity index (χ0) is 14.5. The molecule has 1 aliphatic rings. The monoisotopic (exact) mass is 287 g/mol. The van der Waals surface area contributed by atoms with Crippen molar-refractivity contribution in [3.63, 3.8) is 0 Å². The number of hydrogen-bond acceptors (Lipinski definition) is 5. The van der Waals surface area contributed by atoms with Crippen LogP contribution in [0.4, 0.5) is 5.69 Å². The van der Waals surface area contributed by atoms with Crippen molar-refractivity contribution in [2.45, 2.75) is 13.0 Å². The number of morpholine rings is 1. The highest BCUT2D eigenvalue weighted by Gasteiger charge is 2.11. The van der Waals surface area contributed by atoms with E-state index in [0.717, 1.165) is 62.8 Å². The zero-order valence-corrected chi connectivity index (χ0v) is 12.1. The van der Waals surface area contributed by atoms with Crippen molar-refractivity contribution in [1.29, 1.82) is 0 Å². The first-order valence-electron chi connectivity index (χ1n) is 7.34. The lowest BCUT2D eigenvalue weighted by Gasteiger charge is -2.26. The Kier molecular flexibility index (Phi) is 4.47. The summed E-state index contributed by atoms with van der Waals surface area (Å²) in [5.41, 5.74) is 8.73. The van der Waals surface area contributed by atoms with Crippen molar-refractivity contribution in [3.05, 3.63) is 31.0 Å². The van der Waals surface area contributed by atoms with Crippen molar-refractivity contribution in [1.82, 2.24) is 19.4 Å². The van der Waals surface area contributed by atoms with Gasteiger partial charge in [-0.3, -0.25) is 9.88 Å². The Hall–Kier alpha value is -1.92. The maximum atomic E-state index is 6.02. The van der Waals surface area contributed by atoms with Crippen molar-refractivity contribution in [3.8, 4) is 11.3 Å². The van der Waals surface area contributed by atoms with Crippen LogP contribution in [0.1, 0.15) is 6.42 Å². The molecule has 0 aromatic carbocycles. The highest BCUT2D eigenvalue weighted by molar-refractivity contribution is 5.72. The fourth-order valence-electron chi connectivity index (χ4n) is 2.63. The molecule has 0 radical (unpaired) electrons. The summed E-state index contributed by atoms with van der Waals surface area (Å²) in [6.45, 7) is 5.79. The van der Waals surface area contributed by atoms with Crippen molar-refractivity contribution < 1.29 is 4.74 Å². The first-order valence-corrected chi connectivity index (χ1v) is 7.34. The molecule has 0 atom stereocenters. The normalized spacial score (nSPS) is 16.2. The van der Waals surface area contributed by atoms with Gasteiger partial charge in [-0.2, -0.15) is 0 Å². The fraction of sp³-hybridized carbons (Fsp3) is 0.467. The van der Waals surface area contributed by atoms with Crippen LogP contribution < -0.4 is 5.73 Å². The summed E-state index contributed by atoms with van der Waals surface area (Å²) >= 11 is 0. The van der Waals surface area contributed by atoms with Crippen molar-refractivity contribution in [2.75, 3.05) is 38.6 Å². The van der Waals surface area contributed by atoms with E-state index in [1.807, 2.05) is 18.6 Å². The predicted molar refractivity (Wildman–Crippen MR) is 81.7 cm³/mol. The van der Waals surface area contributed by atoms with Gasteiger partial charge in [-0.05, 0) is 12.5 Å². The number of nitrogens with zero attached hydrogens (tertiary/aromatic N) is 4. The number of hydrogen-bond donors (Lipinski definition) is 1. The van der Waals surface area contributed by atoms with E-state index < -0.39 is 0 Å². The van der Waals surface area contributed by atoms with Crippen LogP contribution in [0.2, 0.25) is 0 Å². The molecular formula is C15H21N5O. The van der Waals surface area contributed by atoms with E-state index in [2.05, 4.69) is 19.4 Å². The number of anilines is 1. The summed E-state index contributed by atoms with van der Waals surface area (Å²) in [6, 6.07) is 1.82. The molecule has 6 nitrogen and oxygen atoms in total. The number of aryl methyl sites for hydroxylation is 1. The number of pyridine rings is 1. The summed E-state index contributed by atoms with van der Waals surface area (Å²) in [6.07, 6.45) is 8.30. The smallest absolute Gasteiger partial charge is 0.0950 e. The van der Waals surface area contributed by atoms with Gasteiger partial charge >= 0.3 is 0 Å². The number of nitrogens with two attached hydrogens (primary N) is 1. The second-order valence-corrected chi connectivity index (χ2v) is 5.24. The first kappa shape index (κ1) is 14.0. The largest absolute Gasteiger partial charge is 0.398 e. The SMILES string of the molecule is Nc1ccncc1-c1cncn1CCCN1CCOCC1. The van der Waals surface area contributed by atoms with Gasteiger partial charge in [0, 0.05) is 49.8 Å². The second-order valence-electron chi connectivity index (χ2n) is 5.24. The lowest BCUT2D eigenvalue weighted by atomic mass is 10.2. The minimum Gasteiger partial charge on any atom is -0.398 e. The Labute approximate surface area is 124 Å². The lowest BCUT2D eigenvalue weighted by Crippen LogP contribution is -2.37. The Morgan fingerprint density at radius 1 is 1.14 bits per heavy atom. The third kappa shape index (κ3) is 3.40. The molecule has 0 amide bonds. The van der Waals surface area contributed by atoms with Crippen LogP contribution in [0.15, 0.2) is 31.0 Å². The van der Waals surface area contributed by atoms with Gasteiger partial charge in [-0.25, -0.2) is 4.98 Å². The van der Waals surface area contributed by atoms with Gasteiger partial charge in [0.1, 0.15) is 0 Å². The van der Waals surface area contributed by atoms with Crippen LogP contribution in [-0.2, 0) is 11.3 Å². The molecular weight excluding hydrogens is 266 g/mol. The van der Waals surface area contributed by atoms with E-state index in [9.17, 15) is 0 Å². The summed E-state index contributed by atoms with van der Waals surface area (Å²) in [5.74, 6) is 0. The molecule has 112 valence electrons. The topological polar surface area (TPSA) is 69.2 Å². The highest BCUT2D eigenvalue weighted by Crippen LogP contribution is 2.24. The van der Waals surface area contributed by atoms with E-state index in [1.54, 1.807) is 12.4 Å². The predicted octanol–water partition coefficient (Wildman–Crippen LogP) is 1.25. The number of ether oxygens (including phenoxy) is 1. The molecule has 0 unspecified atom stereocenters. The Morgan fingerprint density at radius 3 is 2.81 bits per heavy atom. The third-order valence-corrected chi connectivity index (χ3v) is 3.82. The lowest BCUT2D eigenvalue weighted by molar-refractivity contribution is 0.0369. The molecule has 0 aliphatic carbocycles. The fourth-order valence-corrected chi connectivity index (χ4v) is 2.63. The van der Waals surface area contributed by atoms with Gasteiger partial charge < -0.3 is 15.0 Å². The first-order chi connectivity index (χ1) is 10.3. The average molecular weight is 287 g/mol. The zero-order valence-electron chi connectivity index (χ0n) is 12.1. The Bertz CT molecular complexity index is 577. The minimum absolute atomic E-state index is 0.736. The Balaban J connectivity index is 1.62. The van der Waals surface area contributed by atoms with E-state index >= 15 is 0 Å². The van der Waals surface area contributed by atoms with Crippen molar-refractivity contribution in [2.24, 2.45) is 0 Å². The van der Waals surface area contributed by atoms with E-state index in [0.29, 0.717) is 0 Å². The van der Waals surface area contributed by atoms with Gasteiger partial charge in [-0.1, -0.05) is 0 Å². The van der Waals surface area contributed by atoms with Crippen LogP contribution >= 0.6 is 0 Å². The highest BCUT2D eigenvalue weighted by atomic mass is 16.5. The van der Waals surface area contributed by atoms with Gasteiger partial charge in [0.15, 0.2) is 0 Å². The van der Waals surface area contributed by atoms with Gasteiger partial charge in [0.25, 0.3) is 0 Å². The Morgan fingerprint density at radius 2 is 2.00 bits per heavy atom. The van der Waals surface area contributed by atoms with Crippen LogP contribution in [0.3, 0.4) is 0 Å². The maximum absolute atomic E-state index is 6.02. The quantitative estimate of drug-likeness (QED) is 0.896. The molecule has 0 bridgehead atoms. The van der Waals surface area contributed by atoms with Crippen molar-refractivity contribution >= 4 is 5.69 Å². The van der Waals surface area contributed by atoms with E-state index in [4.69, 9.17) is 10.5 Å². The molecule has 21 heavy (non-hydrogen) atoms. The molecule has 1 fully saturated rings. The van der Waals surface area contributed by atoms with Crippen LogP contribution in [0.25, 0.3) is 11.3 Å². The molecule has 6 heteroatoms. The maximum Gasteiger partial charge on any atom is 0.0950 e. The molecule has 2 aromatic rings. The number of imidazole rings is 1.